The van der Waals surface area contributed by atoms with Crippen LogP contribution in [0.25, 0.3) is 0 Å². The summed E-state index contributed by atoms with van der Waals surface area (Å²) >= 11 is 5.86. The van der Waals surface area contributed by atoms with Gasteiger partial charge in [0, 0.05) is 23.7 Å². The molecule has 3 heteroatoms. The summed E-state index contributed by atoms with van der Waals surface area (Å²) in [5.41, 5.74) is 4.39. The van der Waals surface area contributed by atoms with Gasteiger partial charge in [-0.2, -0.15) is 0 Å². The molecule has 1 aliphatic heterocycles. The van der Waals surface area contributed by atoms with Gasteiger partial charge in [-0.15, -0.1) is 0 Å². The fourth-order valence-corrected chi connectivity index (χ4v) is 4.61. The molecule has 3 rings (SSSR count). The zero-order chi connectivity index (χ0) is 17.7. The molecule has 0 aromatic heterocycles. The molecule has 1 aromatic rings. The van der Waals surface area contributed by atoms with E-state index in [1.807, 2.05) is 0 Å². The third-order valence-corrected chi connectivity index (χ3v) is 5.82. The first-order chi connectivity index (χ1) is 12.0. The standard InChI is InChI=1S/C22H32N2S/c1-22(2)14-20(23-16-18-10-6-5-7-11-18)19(21(25)15-22)17-24-12-8-3-4-9-13-24/h5-7,10-11,23H,3-4,8-9,12-17H2,1-2H3. The summed E-state index contributed by atoms with van der Waals surface area (Å²) in [6.45, 7) is 9.05. The third kappa shape index (κ3) is 5.39. The summed E-state index contributed by atoms with van der Waals surface area (Å²) in [7, 11) is 0. The van der Waals surface area contributed by atoms with Gasteiger partial charge in [0.25, 0.3) is 0 Å². The maximum Gasteiger partial charge on any atom is 0.0397 e. The fourth-order valence-electron chi connectivity index (χ4n) is 4.03. The molecule has 0 bridgehead atoms. The third-order valence-electron chi connectivity index (χ3n) is 5.42. The zero-order valence-electron chi connectivity index (χ0n) is 15.8. The molecule has 0 unspecified atom stereocenters. The smallest absolute Gasteiger partial charge is 0.0397 e. The quantitative estimate of drug-likeness (QED) is 0.739. The van der Waals surface area contributed by atoms with Crippen molar-refractivity contribution in [1.82, 2.24) is 10.2 Å². The molecular formula is C22H32N2S. The van der Waals surface area contributed by atoms with E-state index in [0.717, 1.165) is 25.9 Å². The Balaban J connectivity index is 1.76. The first-order valence-electron chi connectivity index (χ1n) is 9.79. The number of likely N-dealkylation sites (tertiary alicyclic amines) is 1. The van der Waals surface area contributed by atoms with E-state index in [1.54, 1.807) is 0 Å². The van der Waals surface area contributed by atoms with E-state index in [9.17, 15) is 0 Å². The largest absolute Gasteiger partial charge is 0.384 e. The first-order valence-corrected chi connectivity index (χ1v) is 10.2. The van der Waals surface area contributed by atoms with E-state index >= 15 is 0 Å². The minimum Gasteiger partial charge on any atom is -0.384 e. The van der Waals surface area contributed by atoms with Gasteiger partial charge in [0.1, 0.15) is 0 Å². The number of allylic oxidation sites excluding steroid dienone is 1. The van der Waals surface area contributed by atoms with Crippen LogP contribution in [0, 0.1) is 5.41 Å². The molecule has 136 valence electrons. The molecule has 1 fully saturated rings. The minimum atomic E-state index is 0.262. The minimum absolute atomic E-state index is 0.262. The predicted molar refractivity (Wildman–Crippen MR) is 111 cm³/mol. The van der Waals surface area contributed by atoms with Crippen LogP contribution in [0.5, 0.6) is 0 Å². The van der Waals surface area contributed by atoms with Crippen LogP contribution in [0.1, 0.15) is 57.9 Å². The Labute approximate surface area is 158 Å². The number of rotatable bonds is 5. The lowest BCUT2D eigenvalue weighted by Crippen LogP contribution is -2.36. The van der Waals surface area contributed by atoms with Gasteiger partial charge in [-0.3, -0.25) is 4.90 Å². The molecule has 0 atom stereocenters. The highest BCUT2D eigenvalue weighted by Gasteiger charge is 2.31. The predicted octanol–water partition coefficient (Wildman–Crippen LogP) is 5.10. The SMILES string of the molecule is CC1(C)CC(=S)C(CN2CCCCCC2)=C(NCc2ccccc2)C1. The molecule has 0 saturated carbocycles. The average Bonchev–Trinajstić information content (AvgIpc) is 2.85. The summed E-state index contributed by atoms with van der Waals surface area (Å²) < 4.78 is 0. The molecular weight excluding hydrogens is 324 g/mol. The summed E-state index contributed by atoms with van der Waals surface area (Å²) in [5, 5.41) is 3.74. The number of benzene rings is 1. The van der Waals surface area contributed by atoms with E-state index in [-0.39, 0.29) is 5.41 Å². The van der Waals surface area contributed by atoms with E-state index < -0.39 is 0 Å². The van der Waals surface area contributed by atoms with E-state index in [0.29, 0.717) is 0 Å². The second kappa shape index (κ2) is 8.46. The topological polar surface area (TPSA) is 15.3 Å². The second-order valence-corrected chi connectivity index (χ2v) is 8.92. The van der Waals surface area contributed by atoms with Gasteiger partial charge in [-0.05, 0) is 55.3 Å². The summed E-state index contributed by atoms with van der Waals surface area (Å²) in [5.74, 6) is 0. The van der Waals surface area contributed by atoms with Gasteiger partial charge in [0.2, 0.25) is 0 Å². The molecule has 0 amide bonds. The van der Waals surface area contributed by atoms with Crippen molar-refractivity contribution < 1.29 is 0 Å². The molecule has 0 radical (unpaired) electrons. The number of hydrogen-bond donors (Lipinski definition) is 1. The Bertz CT molecular complexity index is 610. The second-order valence-electron chi connectivity index (χ2n) is 8.43. The molecule has 1 N–H and O–H groups in total. The number of nitrogens with one attached hydrogen (secondary N) is 1. The lowest BCUT2D eigenvalue weighted by atomic mass is 9.76. The normalized spacial score (nSPS) is 21.9. The molecule has 2 nitrogen and oxygen atoms in total. The Kier molecular flexibility index (Phi) is 6.29. The van der Waals surface area contributed by atoms with E-state index in [4.69, 9.17) is 12.2 Å². The fraction of sp³-hybridized carbons (Fsp3) is 0.591. The van der Waals surface area contributed by atoms with Crippen molar-refractivity contribution in [3.63, 3.8) is 0 Å². The van der Waals surface area contributed by atoms with E-state index in [1.165, 1.54) is 60.5 Å². The number of thiocarbonyl (C=S) groups is 1. The highest BCUT2D eigenvalue weighted by molar-refractivity contribution is 7.80. The van der Waals surface area contributed by atoms with Crippen molar-refractivity contribution in [3.8, 4) is 0 Å². The summed E-state index contributed by atoms with van der Waals surface area (Å²) in [6.07, 6.45) is 7.57. The Morgan fingerprint density at radius 3 is 2.36 bits per heavy atom. The summed E-state index contributed by atoms with van der Waals surface area (Å²) in [6, 6.07) is 10.7. The van der Waals surface area contributed by atoms with Crippen molar-refractivity contribution in [2.45, 2.75) is 58.9 Å². The van der Waals surface area contributed by atoms with Crippen LogP contribution < -0.4 is 5.32 Å². The highest BCUT2D eigenvalue weighted by atomic mass is 32.1. The van der Waals surface area contributed by atoms with Crippen LogP contribution >= 0.6 is 12.2 Å². The van der Waals surface area contributed by atoms with Crippen LogP contribution in [-0.2, 0) is 6.54 Å². The molecule has 1 heterocycles. The van der Waals surface area contributed by atoms with Crippen molar-refractivity contribution in [1.29, 1.82) is 0 Å². The summed E-state index contributed by atoms with van der Waals surface area (Å²) in [4.78, 5) is 3.80. The van der Waals surface area contributed by atoms with Gasteiger partial charge in [-0.25, -0.2) is 0 Å². The van der Waals surface area contributed by atoms with Crippen LogP contribution in [0.15, 0.2) is 41.6 Å². The molecule has 1 saturated heterocycles. The van der Waals surface area contributed by atoms with Crippen molar-refractivity contribution >= 4 is 17.1 Å². The number of nitrogens with zero attached hydrogens (tertiary/aromatic N) is 1. The van der Waals surface area contributed by atoms with Crippen molar-refractivity contribution in [2.75, 3.05) is 19.6 Å². The van der Waals surface area contributed by atoms with Crippen LogP contribution in [-0.4, -0.2) is 29.4 Å². The van der Waals surface area contributed by atoms with Crippen LogP contribution in [0.4, 0.5) is 0 Å². The highest BCUT2D eigenvalue weighted by Crippen LogP contribution is 2.37. The van der Waals surface area contributed by atoms with Crippen LogP contribution in [0.3, 0.4) is 0 Å². The van der Waals surface area contributed by atoms with Gasteiger partial charge >= 0.3 is 0 Å². The van der Waals surface area contributed by atoms with Crippen LogP contribution in [0.2, 0.25) is 0 Å². The monoisotopic (exact) mass is 356 g/mol. The molecule has 25 heavy (non-hydrogen) atoms. The van der Waals surface area contributed by atoms with Gasteiger partial charge < -0.3 is 5.32 Å². The van der Waals surface area contributed by atoms with Gasteiger partial charge in [-0.1, -0.05) is 69.2 Å². The molecule has 1 aliphatic carbocycles. The Morgan fingerprint density at radius 1 is 1.00 bits per heavy atom. The molecule has 0 spiro atoms. The maximum absolute atomic E-state index is 5.86. The lowest BCUT2D eigenvalue weighted by Gasteiger charge is -2.36. The number of hydrogen-bond acceptors (Lipinski definition) is 3. The molecule has 1 aromatic carbocycles. The molecule has 2 aliphatic rings. The Hall–Kier alpha value is -1.19. The lowest BCUT2D eigenvalue weighted by molar-refractivity contribution is 0.303. The maximum atomic E-state index is 5.86. The van der Waals surface area contributed by atoms with Gasteiger partial charge in [0.15, 0.2) is 0 Å². The Morgan fingerprint density at radius 2 is 1.68 bits per heavy atom. The van der Waals surface area contributed by atoms with Crippen molar-refractivity contribution in [2.24, 2.45) is 5.41 Å². The average molecular weight is 357 g/mol. The zero-order valence-corrected chi connectivity index (χ0v) is 16.6. The van der Waals surface area contributed by atoms with Gasteiger partial charge in [0.05, 0.1) is 0 Å². The van der Waals surface area contributed by atoms with E-state index in [2.05, 4.69) is 54.4 Å². The first kappa shape index (κ1) is 18.6. The van der Waals surface area contributed by atoms with Crippen molar-refractivity contribution in [3.05, 3.63) is 47.2 Å².